The lowest BCUT2D eigenvalue weighted by molar-refractivity contribution is 0.0416. The number of carbonyl (C=O) groups excluding carboxylic acids is 2. The summed E-state index contributed by atoms with van der Waals surface area (Å²) in [5.41, 5.74) is 1.04. The van der Waals surface area contributed by atoms with Crippen molar-refractivity contribution in [1.82, 2.24) is 4.90 Å². The fraction of sp³-hybridized carbons (Fsp3) is 0.273. The maximum absolute atomic E-state index is 12.7. The van der Waals surface area contributed by atoms with Gasteiger partial charge in [0, 0.05) is 24.7 Å². The zero-order valence-electron chi connectivity index (χ0n) is 16.7. The van der Waals surface area contributed by atoms with E-state index in [0.717, 1.165) is 0 Å². The monoisotopic (exact) mass is 411 g/mol. The molecule has 0 aliphatic carbocycles. The molecule has 4 rings (SSSR count). The van der Waals surface area contributed by atoms with E-state index in [4.69, 9.17) is 23.7 Å². The van der Waals surface area contributed by atoms with Gasteiger partial charge in [-0.2, -0.15) is 0 Å². The second-order valence-electron chi connectivity index (χ2n) is 6.65. The normalized spacial score (nSPS) is 16.8. The van der Waals surface area contributed by atoms with Crippen LogP contribution in [0.5, 0.6) is 23.0 Å². The number of hydrogen-bond donors (Lipinski definition) is 0. The van der Waals surface area contributed by atoms with E-state index >= 15 is 0 Å². The molecule has 0 spiro atoms. The molecule has 1 amide bonds. The molecule has 1 saturated heterocycles. The van der Waals surface area contributed by atoms with E-state index in [1.54, 1.807) is 48.4 Å². The van der Waals surface area contributed by atoms with Gasteiger partial charge in [-0.15, -0.1) is 0 Å². The first-order valence-corrected chi connectivity index (χ1v) is 9.44. The van der Waals surface area contributed by atoms with Crippen LogP contribution in [0.3, 0.4) is 0 Å². The number of nitrogens with zero attached hydrogens (tertiary/aromatic N) is 1. The van der Waals surface area contributed by atoms with Crippen LogP contribution in [0.15, 0.2) is 42.2 Å². The number of fused-ring (bicyclic) bond motifs is 1. The summed E-state index contributed by atoms with van der Waals surface area (Å²) in [4.78, 5) is 26.6. The molecule has 2 aliphatic heterocycles. The van der Waals surface area contributed by atoms with Crippen molar-refractivity contribution in [2.24, 2.45) is 0 Å². The van der Waals surface area contributed by atoms with Gasteiger partial charge in [-0.1, -0.05) is 12.1 Å². The molecule has 1 fully saturated rings. The van der Waals surface area contributed by atoms with Crippen LogP contribution in [-0.2, 0) is 4.74 Å². The number of hydrogen-bond acceptors (Lipinski definition) is 7. The minimum Gasteiger partial charge on any atom is -0.493 e. The summed E-state index contributed by atoms with van der Waals surface area (Å²) < 4.78 is 27.1. The number of methoxy groups -OCH3 is 2. The highest BCUT2D eigenvalue weighted by atomic mass is 16.6. The van der Waals surface area contributed by atoms with Crippen LogP contribution in [-0.4, -0.2) is 57.3 Å². The van der Waals surface area contributed by atoms with Crippen molar-refractivity contribution >= 4 is 18.0 Å². The van der Waals surface area contributed by atoms with Crippen molar-refractivity contribution in [3.63, 3.8) is 0 Å². The predicted molar refractivity (Wildman–Crippen MR) is 107 cm³/mol. The van der Waals surface area contributed by atoms with E-state index < -0.39 is 6.09 Å². The summed E-state index contributed by atoms with van der Waals surface area (Å²) in [5.74, 6) is 1.57. The molecule has 0 bridgehead atoms. The van der Waals surface area contributed by atoms with E-state index in [1.165, 1.54) is 13.2 Å². The van der Waals surface area contributed by atoms with Crippen molar-refractivity contribution < 1.29 is 33.3 Å². The molecule has 8 nitrogen and oxygen atoms in total. The molecule has 2 aromatic carbocycles. The third kappa shape index (κ3) is 3.81. The highest BCUT2D eigenvalue weighted by molar-refractivity contribution is 6.14. The summed E-state index contributed by atoms with van der Waals surface area (Å²) in [6, 6.07) is 10.1. The quantitative estimate of drug-likeness (QED) is 0.715. The summed E-state index contributed by atoms with van der Waals surface area (Å²) >= 11 is 0. The number of ether oxygens (including phenoxy) is 5. The Labute approximate surface area is 173 Å². The van der Waals surface area contributed by atoms with Crippen LogP contribution in [0.1, 0.15) is 15.9 Å². The maximum Gasteiger partial charge on any atom is 0.415 e. The molecule has 8 heteroatoms. The Bertz CT molecular complexity index is 1010. The van der Waals surface area contributed by atoms with Crippen LogP contribution in [0.25, 0.3) is 6.08 Å². The Morgan fingerprint density at radius 1 is 1.10 bits per heavy atom. The molecule has 2 aromatic rings. The Morgan fingerprint density at radius 2 is 1.90 bits per heavy atom. The van der Waals surface area contributed by atoms with Crippen LogP contribution in [0.4, 0.5) is 4.79 Å². The molecular formula is C22H21NO7. The van der Waals surface area contributed by atoms with Gasteiger partial charge in [0.15, 0.2) is 17.3 Å². The summed E-state index contributed by atoms with van der Waals surface area (Å²) in [6.07, 6.45) is 1.14. The van der Waals surface area contributed by atoms with E-state index in [0.29, 0.717) is 60.4 Å². The number of para-hydroxylation sites is 1. The largest absolute Gasteiger partial charge is 0.493 e. The predicted octanol–water partition coefficient (Wildman–Crippen LogP) is 3.15. The van der Waals surface area contributed by atoms with E-state index in [1.807, 2.05) is 0 Å². The first kappa shape index (κ1) is 19.8. The van der Waals surface area contributed by atoms with E-state index in [-0.39, 0.29) is 11.5 Å². The molecule has 0 unspecified atom stereocenters. The number of ketones is 1. The fourth-order valence-electron chi connectivity index (χ4n) is 3.31. The molecule has 0 aromatic heterocycles. The third-order valence-corrected chi connectivity index (χ3v) is 4.84. The average molecular weight is 411 g/mol. The molecule has 0 saturated carbocycles. The molecule has 0 atom stereocenters. The number of carbonyl (C=O) groups is 2. The maximum atomic E-state index is 12.7. The topological polar surface area (TPSA) is 83.5 Å². The van der Waals surface area contributed by atoms with E-state index in [9.17, 15) is 9.59 Å². The molecule has 0 radical (unpaired) electrons. The van der Waals surface area contributed by atoms with Crippen LogP contribution < -0.4 is 18.9 Å². The highest BCUT2D eigenvalue weighted by Gasteiger charge is 2.29. The molecule has 156 valence electrons. The second kappa shape index (κ2) is 8.46. The Kier molecular flexibility index (Phi) is 5.58. The second-order valence-corrected chi connectivity index (χ2v) is 6.65. The van der Waals surface area contributed by atoms with Gasteiger partial charge in [0.1, 0.15) is 11.5 Å². The molecular weight excluding hydrogens is 390 g/mol. The number of allylic oxidation sites excluding steroid dienone is 1. The van der Waals surface area contributed by atoms with Gasteiger partial charge in [0.25, 0.3) is 0 Å². The minimum atomic E-state index is -0.459. The van der Waals surface area contributed by atoms with Crippen LogP contribution in [0.2, 0.25) is 0 Å². The zero-order valence-corrected chi connectivity index (χ0v) is 16.7. The molecule has 2 aliphatic rings. The van der Waals surface area contributed by atoms with Gasteiger partial charge >= 0.3 is 6.09 Å². The highest BCUT2D eigenvalue weighted by Crippen LogP contribution is 2.37. The van der Waals surface area contributed by atoms with Gasteiger partial charge in [-0.3, -0.25) is 4.79 Å². The van der Waals surface area contributed by atoms with Crippen molar-refractivity contribution in [3.05, 3.63) is 53.3 Å². The van der Waals surface area contributed by atoms with Gasteiger partial charge in [-0.05, 0) is 24.3 Å². The van der Waals surface area contributed by atoms with Crippen LogP contribution >= 0.6 is 0 Å². The lowest BCUT2D eigenvalue weighted by Crippen LogP contribution is -2.42. The third-order valence-electron chi connectivity index (χ3n) is 4.84. The molecule has 0 N–H and O–H groups in total. The standard InChI is InChI=1S/C22H21NO7/c1-26-17-5-3-4-14(21(17)27-2)12-19-20(24)16-7-6-15(13-18(16)30-19)29-22(25)23-8-10-28-11-9-23/h3-7,12-13H,8-11H2,1-2H3/b19-12-. The Hall–Kier alpha value is -3.52. The summed E-state index contributed by atoms with van der Waals surface area (Å²) in [5, 5.41) is 0. The summed E-state index contributed by atoms with van der Waals surface area (Å²) in [7, 11) is 3.07. The van der Waals surface area contributed by atoms with Crippen molar-refractivity contribution in [1.29, 1.82) is 0 Å². The van der Waals surface area contributed by atoms with Gasteiger partial charge in [0.05, 0.1) is 33.0 Å². The van der Waals surface area contributed by atoms with Gasteiger partial charge in [0.2, 0.25) is 5.78 Å². The smallest absolute Gasteiger partial charge is 0.415 e. The lowest BCUT2D eigenvalue weighted by atomic mass is 10.1. The Balaban J connectivity index is 1.55. The van der Waals surface area contributed by atoms with Crippen molar-refractivity contribution in [3.8, 4) is 23.0 Å². The lowest BCUT2D eigenvalue weighted by Gasteiger charge is -2.25. The number of amides is 1. The van der Waals surface area contributed by atoms with E-state index in [2.05, 4.69) is 0 Å². The summed E-state index contributed by atoms with van der Waals surface area (Å²) in [6.45, 7) is 1.93. The Morgan fingerprint density at radius 3 is 2.63 bits per heavy atom. The van der Waals surface area contributed by atoms with Crippen molar-refractivity contribution in [2.45, 2.75) is 0 Å². The zero-order chi connectivity index (χ0) is 21.1. The minimum absolute atomic E-state index is 0.146. The van der Waals surface area contributed by atoms with Crippen LogP contribution in [0, 0.1) is 0 Å². The number of Topliss-reactive ketones (excluding diaryl/α,β-unsaturated/α-hetero) is 1. The molecule has 30 heavy (non-hydrogen) atoms. The SMILES string of the molecule is COc1cccc(/C=C2\Oc3cc(OC(=O)N4CCOCC4)ccc3C2=O)c1OC. The number of rotatable bonds is 4. The first-order valence-electron chi connectivity index (χ1n) is 9.44. The molecule has 2 heterocycles. The van der Waals surface area contributed by atoms with Gasteiger partial charge in [-0.25, -0.2) is 4.79 Å². The van der Waals surface area contributed by atoms with Gasteiger partial charge < -0.3 is 28.6 Å². The average Bonchev–Trinajstić information content (AvgIpc) is 3.08. The fourth-order valence-corrected chi connectivity index (χ4v) is 3.31. The van der Waals surface area contributed by atoms with Crippen molar-refractivity contribution in [2.75, 3.05) is 40.5 Å². The number of morpholine rings is 1. The number of benzene rings is 2. The first-order chi connectivity index (χ1) is 14.6.